The van der Waals surface area contributed by atoms with Crippen molar-refractivity contribution in [2.24, 2.45) is 5.92 Å². The fourth-order valence-electron chi connectivity index (χ4n) is 5.77. The molecule has 1 aliphatic carbocycles. The number of carbonyl (C=O) groups excluding carboxylic acids is 2. The van der Waals surface area contributed by atoms with E-state index >= 15 is 0 Å². The molecule has 3 heterocycles. The first kappa shape index (κ1) is 17.9. The Hall–Kier alpha value is -2.18. The zero-order valence-corrected chi connectivity index (χ0v) is 16.4. The van der Waals surface area contributed by atoms with Crippen LogP contribution >= 0.6 is 0 Å². The number of benzene rings is 1. The van der Waals surface area contributed by atoms with Gasteiger partial charge in [0.25, 0.3) is 0 Å². The highest BCUT2D eigenvalue weighted by Crippen LogP contribution is 2.44. The summed E-state index contributed by atoms with van der Waals surface area (Å²) in [5, 5.41) is 3.83. The summed E-state index contributed by atoms with van der Waals surface area (Å²) < 4.78 is 0. The van der Waals surface area contributed by atoms with Crippen LogP contribution in [-0.4, -0.2) is 65.4 Å². The summed E-state index contributed by atoms with van der Waals surface area (Å²) >= 11 is 0. The number of likely N-dealkylation sites (tertiary alicyclic amines) is 1. The van der Waals surface area contributed by atoms with Gasteiger partial charge >= 0.3 is 0 Å². The number of imide groups is 1. The van der Waals surface area contributed by atoms with Crippen LogP contribution in [0.2, 0.25) is 0 Å². The minimum absolute atomic E-state index is 0.172. The first-order chi connectivity index (χ1) is 13.6. The molecular weight excluding hydrogens is 352 g/mol. The molecule has 2 amide bonds. The third-order valence-electron chi connectivity index (χ3n) is 6.70. The van der Waals surface area contributed by atoms with Crippen molar-refractivity contribution in [1.29, 1.82) is 0 Å². The molecule has 0 radical (unpaired) electrons. The standard InChI is InChI=1S/C22H28N4O2/c1-2-6-26-11-14(10-25-12-20(27)24-21(28)13-25)7-17-16-4-3-5-18-22(16)15(9-23-18)8-19(17)26/h3-5,9,14,17,19,23H,2,6-8,10-13H2,1H3,(H,24,27,28)/t14-,17-,19+/m0/s1. The van der Waals surface area contributed by atoms with Gasteiger partial charge in [-0.15, -0.1) is 0 Å². The highest BCUT2D eigenvalue weighted by Gasteiger charge is 2.41. The van der Waals surface area contributed by atoms with Gasteiger partial charge in [-0.05, 0) is 48.9 Å². The van der Waals surface area contributed by atoms with Crippen molar-refractivity contribution in [2.45, 2.75) is 38.1 Å². The lowest BCUT2D eigenvalue weighted by atomic mass is 9.72. The summed E-state index contributed by atoms with van der Waals surface area (Å²) in [5.74, 6) is 0.651. The zero-order chi connectivity index (χ0) is 19.3. The van der Waals surface area contributed by atoms with Gasteiger partial charge in [0.05, 0.1) is 13.1 Å². The fourth-order valence-corrected chi connectivity index (χ4v) is 5.77. The molecule has 1 aromatic carbocycles. The van der Waals surface area contributed by atoms with Crippen LogP contribution in [-0.2, 0) is 16.0 Å². The van der Waals surface area contributed by atoms with E-state index in [1.165, 1.54) is 22.0 Å². The van der Waals surface area contributed by atoms with Crippen molar-refractivity contribution < 1.29 is 9.59 Å². The average Bonchev–Trinajstić information content (AvgIpc) is 3.06. The smallest absolute Gasteiger partial charge is 0.240 e. The SMILES string of the molecule is CCCN1C[C@H](CN2CC(=O)NC(=O)C2)C[C@H]2c3cccc4[nH]cc(c34)C[C@H]21. The normalized spacial score (nSPS) is 28.4. The maximum atomic E-state index is 11.8. The number of hydrogen-bond donors (Lipinski definition) is 2. The van der Waals surface area contributed by atoms with Crippen molar-refractivity contribution in [2.75, 3.05) is 32.7 Å². The van der Waals surface area contributed by atoms with Gasteiger partial charge in [0.2, 0.25) is 11.8 Å². The maximum Gasteiger partial charge on any atom is 0.240 e. The van der Waals surface area contributed by atoms with Crippen LogP contribution in [0.4, 0.5) is 0 Å². The summed E-state index contributed by atoms with van der Waals surface area (Å²) in [6.45, 7) is 5.89. The fraction of sp³-hybridized carbons (Fsp3) is 0.545. The quantitative estimate of drug-likeness (QED) is 0.795. The summed E-state index contributed by atoms with van der Waals surface area (Å²) in [4.78, 5) is 31.7. The molecule has 0 bridgehead atoms. The number of piperidine rings is 1. The van der Waals surface area contributed by atoms with Gasteiger partial charge in [0.1, 0.15) is 0 Å². The van der Waals surface area contributed by atoms with E-state index in [0.29, 0.717) is 31.0 Å². The molecular formula is C22H28N4O2. The Labute approximate surface area is 165 Å². The molecule has 0 spiro atoms. The summed E-state index contributed by atoms with van der Waals surface area (Å²) in [7, 11) is 0. The molecule has 6 nitrogen and oxygen atoms in total. The van der Waals surface area contributed by atoms with Crippen LogP contribution in [0, 0.1) is 5.92 Å². The number of hydrogen-bond acceptors (Lipinski definition) is 4. The van der Waals surface area contributed by atoms with Crippen LogP contribution in [0.3, 0.4) is 0 Å². The second-order valence-corrected chi connectivity index (χ2v) is 8.70. The number of amides is 2. The van der Waals surface area contributed by atoms with Gasteiger partial charge in [-0.25, -0.2) is 0 Å². The maximum absolute atomic E-state index is 11.8. The second kappa shape index (κ2) is 7.01. The van der Waals surface area contributed by atoms with Crippen molar-refractivity contribution in [3.05, 3.63) is 35.5 Å². The molecule has 5 rings (SSSR count). The average molecular weight is 380 g/mol. The molecule has 3 atom stereocenters. The number of fused-ring (bicyclic) bond motifs is 2. The number of carbonyl (C=O) groups is 2. The predicted octanol–water partition coefficient (Wildman–Crippen LogP) is 1.87. The monoisotopic (exact) mass is 380 g/mol. The van der Waals surface area contributed by atoms with Crippen molar-refractivity contribution in [3.63, 3.8) is 0 Å². The van der Waals surface area contributed by atoms with E-state index in [1.807, 2.05) is 4.90 Å². The molecule has 28 heavy (non-hydrogen) atoms. The van der Waals surface area contributed by atoms with E-state index in [9.17, 15) is 9.59 Å². The predicted molar refractivity (Wildman–Crippen MR) is 108 cm³/mol. The number of rotatable bonds is 4. The Morgan fingerprint density at radius 3 is 2.79 bits per heavy atom. The zero-order valence-electron chi connectivity index (χ0n) is 16.4. The largest absolute Gasteiger partial charge is 0.361 e. The highest BCUT2D eigenvalue weighted by molar-refractivity contribution is 5.99. The topological polar surface area (TPSA) is 68.4 Å². The molecule has 1 aromatic heterocycles. The van der Waals surface area contributed by atoms with E-state index in [4.69, 9.17) is 0 Å². The van der Waals surface area contributed by atoms with Gasteiger partial charge in [0, 0.05) is 42.1 Å². The van der Waals surface area contributed by atoms with Gasteiger partial charge in [-0.1, -0.05) is 19.1 Å². The van der Waals surface area contributed by atoms with Gasteiger partial charge < -0.3 is 4.98 Å². The van der Waals surface area contributed by atoms with Crippen LogP contribution in [0.5, 0.6) is 0 Å². The van der Waals surface area contributed by atoms with E-state index in [-0.39, 0.29) is 11.8 Å². The number of H-pyrrole nitrogens is 1. The Kier molecular flexibility index (Phi) is 4.48. The van der Waals surface area contributed by atoms with Crippen LogP contribution < -0.4 is 5.32 Å². The van der Waals surface area contributed by atoms with E-state index in [0.717, 1.165) is 38.9 Å². The minimum Gasteiger partial charge on any atom is -0.361 e. The van der Waals surface area contributed by atoms with Crippen LogP contribution in [0.15, 0.2) is 24.4 Å². The van der Waals surface area contributed by atoms with Gasteiger partial charge in [-0.2, -0.15) is 0 Å². The Balaban J connectivity index is 1.43. The molecule has 2 aliphatic heterocycles. The summed E-state index contributed by atoms with van der Waals surface area (Å²) in [6, 6.07) is 7.20. The number of aromatic nitrogens is 1. The Bertz CT molecular complexity index is 904. The third kappa shape index (κ3) is 3.05. The van der Waals surface area contributed by atoms with Gasteiger partial charge in [0.15, 0.2) is 0 Å². The van der Waals surface area contributed by atoms with Crippen LogP contribution in [0.25, 0.3) is 10.9 Å². The molecule has 2 saturated heterocycles. The van der Waals surface area contributed by atoms with E-state index < -0.39 is 0 Å². The Morgan fingerprint density at radius 2 is 2.00 bits per heavy atom. The Morgan fingerprint density at radius 1 is 1.18 bits per heavy atom. The molecule has 2 aromatic rings. The first-order valence-electron chi connectivity index (χ1n) is 10.5. The lowest BCUT2D eigenvalue weighted by Crippen LogP contribution is -2.56. The molecule has 3 aliphatic rings. The molecule has 6 heteroatoms. The number of piperazine rings is 1. The lowest BCUT2D eigenvalue weighted by molar-refractivity contribution is -0.136. The van der Waals surface area contributed by atoms with E-state index in [2.05, 4.69) is 46.5 Å². The molecule has 2 N–H and O–H groups in total. The summed E-state index contributed by atoms with van der Waals surface area (Å²) in [6.07, 6.45) is 5.57. The minimum atomic E-state index is -0.172. The second-order valence-electron chi connectivity index (χ2n) is 8.70. The van der Waals surface area contributed by atoms with Gasteiger partial charge in [-0.3, -0.25) is 24.7 Å². The number of aromatic amines is 1. The molecule has 148 valence electrons. The molecule has 2 fully saturated rings. The van der Waals surface area contributed by atoms with Crippen molar-refractivity contribution in [3.8, 4) is 0 Å². The van der Waals surface area contributed by atoms with Crippen molar-refractivity contribution in [1.82, 2.24) is 20.1 Å². The molecule has 0 unspecified atom stereocenters. The van der Waals surface area contributed by atoms with E-state index in [1.54, 1.807) is 0 Å². The summed E-state index contributed by atoms with van der Waals surface area (Å²) in [5.41, 5.74) is 4.17. The third-order valence-corrected chi connectivity index (χ3v) is 6.70. The van der Waals surface area contributed by atoms with Crippen LogP contribution in [0.1, 0.15) is 36.8 Å². The number of nitrogens with one attached hydrogen (secondary N) is 2. The first-order valence-corrected chi connectivity index (χ1v) is 10.5. The lowest BCUT2D eigenvalue weighted by Gasteiger charge is -2.48. The van der Waals surface area contributed by atoms with Crippen molar-refractivity contribution >= 4 is 22.7 Å². The highest BCUT2D eigenvalue weighted by atomic mass is 16.2. The molecule has 0 saturated carbocycles. The number of nitrogens with zero attached hydrogens (tertiary/aromatic N) is 2.